The molecule has 3 heterocycles. The predicted molar refractivity (Wildman–Crippen MR) is 65.5 cm³/mol. The number of likely N-dealkylation sites (tertiary alicyclic amines) is 1. The summed E-state index contributed by atoms with van der Waals surface area (Å²) in [6, 6.07) is 2.27. The Bertz CT molecular complexity index is 481. The van der Waals surface area contributed by atoms with E-state index >= 15 is 0 Å². The van der Waals surface area contributed by atoms with Crippen molar-refractivity contribution in [2.75, 3.05) is 13.1 Å². The molecule has 1 saturated heterocycles. The number of hydrogen-bond acceptors (Lipinski definition) is 6. The van der Waals surface area contributed by atoms with Gasteiger partial charge in [0.15, 0.2) is 5.82 Å². The maximum Gasteiger partial charge on any atom is 0.258 e. The van der Waals surface area contributed by atoms with Crippen molar-refractivity contribution in [1.29, 1.82) is 0 Å². The Morgan fingerprint density at radius 3 is 3.24 bits per heavy atom. The summed E-state index contributed by atoms with van der Waals surface area (Å²) in [6.45, 7) is 2.66. The van der Waals surface area contributed by atoms with Gasteiger partial charge in [0, 0.05) is 24.5 Å². The van der Waals surface area contributed by atoms with Crippen LogP contribution in [0.5, 0.6) is 0 Å². The zero-order valence-electron chi connectivity index (χ0n) is 9.37. The highest BCUT2D eigenvalue weighted by molar-refractivity contribution is 7.08. The van der Waals surface area contributed by atoms with Crippen LogP contribution in [0.3, 0.4) is 0 Å². The molecule has 2 aromatic rings. The van der Waals surface area contributed by atoms with Gasteiger partial charge in [-0.3, -0.25) is 4.90 Å². The highest BCUT2D eigenvalue weighted by Crippen LogP contribution is 2.20. The lowest BCUT2D eigenvalue weighted by Gasteiger charge is -2.11. The molecule has 0 saturated carbocycles. The zero-order chi connectivity index (χ0) is 11.7. The predicted octanol–water partition coefficient (Wildman–Crippen LogP) is 1.33. The van der Waals surface area contributed by atoms with Crippen molar-refractivity contribution >= 4 is 11.3 Å². The summed E-state index contributed by atoms with van der Waals surface area (Å²) in [5.74, 6) is 1.34. The molecule has 6 heteroatoms. The molecule has 3 rings (SSSR count). The second-order valence-corrected chi connectivity index (χ2v) is 5.09. The second-order valence-electron chi connectivity index (χ2n) is 4.31. The lowest BCUT2D eigenvalue weighted by molar-refractivity contribution is 0.309. The summed E-state index contributed by atoms with van der Waals surface area (Å²) >= 11 is 1.62. The molecular weight excluding hydrogens is 236 g/mol. The standard InChI is InChI=1S/C11H14N4OS/c12-9-1-3-15(5-9)6-10-13-11(16-14-10)8-2-4-17-7-8/h2,4,7,9H,1,3,5-6,12H2/t9-/m1/s1. The van der Waals surface area contributed by atoms with E-state index < -0.39 is 0 Å². The molecular formula is C11H14N4OS. The summed E-state index contributed by atoms with van der Waals surface area (Å²) in [4.78, 5) is 6.64. The third-order valence-corrected chi connectivity index (χ3v) is 3.59. The number of rotatable bonds is 3. The molecule has 0 spiro atoms. The molecule has 0 aliphatic carbocycles. The van der Waals surface area contributed by atoms with Gasteiger partial charge in [-0.05, 0) is 17.9 Å². The van der Waals surface area contributed by atoms with Crippen molar-refractivity contribution in [1.82, 2.24) is 15.0 Å². The van der Waals surface area contributed by atoms with Crippen molar-refractivity contribution < 1.29 is 4.52 Å². The first-order chi connectivity index (χ1) is 8.31. The van der Waals surface area contributed by atoms with Crippen LogP contribution in [-0.2, 0) is 6.54 Å². The molecule has 1 aliphatic heterocycles. The maximum absolute atomic E-state index is 5.86. The van der Waals surface area contributed by atoms with Crippen LogP contribution in [0.15, 0.2) is 21.3 Å². The Morgan fingerprint density at radius 2 is 2.53 bits per heavy atom. The van der Waals surface area contributed by atoms with Gasteiger partial charge in [0.1, 0.15) is 0 Å². The monoisotopic (exact) mass is 250 g/mol. The van der Waals surface area contributed by atoms with Crippen LogP contribution in [0.2, 0.25) is 0 Å². The van der Waals surface area contributed by atoms with Crippen molar-refractivity contribution in [3.63, 3.8) is 0 Å². The Balaban J connectivity index is 1.69. The molecule has 0 aromatic carbocycles. The van der Waals surface area contributed by atoms with Gasteiger partial charge in [0.25, 0.3) is 5.89 Å². The fraction of sp³-hybridized carbons (Fsp3) is 0.455. The second kappa shape index (κ2) is 4.56. The molecule has 0 amide bonds. The SMILES string of the molecule is N[C@@H]1CCN(Cc2noc(-c3ccsc3)n2)C1. The average molecular weight is 250 g/mol. The molecule has 1 fully saturated rings. The van der Waals surface area contributed by atoms with E-state index in [-0.39, 0.29) is 0 Å². The van der Waals surface area contributed by atoms with Crippen molar-refractivity contribution in [3.05, 3.63) is 22.7 Å². The fourth-order valence-corrected chi connectivity index (χ4v) is 2.66. The van der Waals surface area contributed by atoms with E-state index in [1.807, 2.05) is 16.8 Å². The van der Waals surface area contributed by atoms with Crippen LogP contribution in [0.4, 0.5) is 0 Å². The van der Waals surface area contributed by atoms with Gasteiger partial charge >= 0.3 is 0 Å². The lowest BCUT2D eigenvalue weighted by Crippen LogP contribution is -2.26. The quantitative estimate of drug-likeness (QED) is 0.890. The Hall–Kier alpha value is -1.24. The number of nitrogens with zero attached hydrogens (tertiary/aromatic N) is 3. The molecule has 2 N–H and O–H groups in total. The van der Waals surface area contributed by atoms with E-state index in [2.05, 4.69) is 15.0 Å². The molecule has 0 radical (unpaired) electrons. The minimum absolute atomic E-state index is 0.290. The first-order valence-corrected chi connectivity index (χ1v) is 6.58. The van der Waals surface area contributed by atoms with E-state index in [9.17, 15) is 0 Å². The normalized spacial score (nSPS) is 21.1. The van der Waals surface area contributed by atoms with Gasteiger partial charge in [0.2, 0.25) is 0 Å². The van der Waals surface area contributed by atoms with Gasteiger partial charge in [-0.2, -0.15) is 16.3 Å². The molecule has 90 valence electrons. The van der Waals surface area contributed by atoms with Gasteiger partial charge in [0.05, 0.1) is 12.1 Å². The van der Waals surface area contributed by atoms with Crippen LogP contribution in [0.25, 0.3) is 11.5 Å². The molecule has 5 nitrogen and oxygen atoms in total. The van der Waals surface area contributed by atoms with E-state index in [1.54, 1.807) is 11.3 Å². The highest BCUT2D eigenvalue weighted by Gasteiger charge is 2.21. The van der Waals surface area contributed by atoms with Gasteiger partial charge < -0.3 is 10.3 Å². The number of hydrogen-bond donors (Lipinski definition) is 1. The summed E-state index contributed by atoms with van der Waals surface area (Å²) < 4.78 is 5.23. The smallest absolute Gasteiger partial charge is 0.258 e. The van der Waals surface area contributed by atoms with Crippen molar-refractivity contribution in [2.24, 2.45) is 5.73 Å². The average Bonchev–Trinajstić information content (AvgIpc) is 3.00. The first kappa shape index (κ1) is 10.9. The summed E-state index contributed by atoms with van der Waals surface area (Å²) in [5.41, 5.74) is 6.85. The molecule has 0 unspecified atom stereocenters. The largest absolute Gasteiger partial charge is 0.334 e. The molecule has 1 atom stereocenters. The van der Waals surface area contributed by atoms with Crippen LogP contribution < -0.4 is 5.73 Å². The van der Waals surface area contributed by atoms with Crippen molar-refractivity contribution in [3.8, 4) is 11.5 Å². The van der Waals surface area contributed by atoms with Crippen LogP contribution in [0, 0.1) is 0 Å². The van der Waals surface area contributed by atoms with E-state index in [0.29, 0.717) is 11.9 Å². The molecule has 2 aromatic heterocycles. The van der Waals surface area contributed by atoms with Gasteiger partial charge in [-0.25, -0.2) is 0 Å². The highest BCUT2D eigenvalue weighted by atomic mass is 32.1. The van der Waals surface area contributed by atoms with Crippen molar-refractivity contribution in [2.45, 2.75) is 19.0 Å². The topological polar surface area (TPSA) is 68.2 Å². The fourth-order valence-electron chi connectivity index (χ4n) is 2.03. The third-order valence-electron chi connectivity index (χ3n) is 2.91. The van der Waals surface area contributed by atoms with Gasteiger partial charge in [-0.15, -0.1) is 0 Å². The van der Waals surface area contributed by atoms with Crippen LogP contribution >= 0.6 is 11.3 Å². The zero-order valence-corrected chi connectivity index (χ0v) is 10.2. The number of nitrogens with two attached hydrogens (primary N) is 1. The molecule has 1 aliphatic rings. The maximum atomic E-state index is 5.86. The summed E-state index contributed by atoms with van der Waals surface area (Å²) in [6.07, 6.45) is 1.05. The minimum atomic E-state index is 0.290. The Kier molecular flexibility index (Phi) is 2.92. The summed E-state index contributed by atoms with van der Waals surface area (Å²) in [7, 11) is 0. The molecule has 17 heavy (non-hydrogen) atoms. The van der Waals surface area contributed by atoms with Gasteiger partial charge in [-0.1, -0.05) is 5.16 Å². The third kappa shape index (κ3) is 2.38. The summed E-state index contributed by atoms with van der Waals surface area (Å²) in [5, 5.41) is 8.00. The lowest BCUT2D eigenvalue weighted by atomic mass is 10.3. The number of thiophene rings is 1. The minimum Gasteiger partial charge on any atom is -0.334 e. The van der Waals surface area contributed by atoms with Crippen LogP contribution in [0.1, 0.15) is 12.2 Å². The first-order valence-electron chi connectivity index (χ1n) is 5.64. The van der Waals surface area contributed by atoms with E-state index in [0.717, 1.165) is 37.4 Å². The Labute approximate surface area is 103 Å². The number of aromatic nitrogens is 2. The van der Waals surface area contributed by atoms with E-state index in [4.69, 9.17) is 10.3 Å². The van der Waals surface area contributed by atoms with Crippen LogP contribution in [-0.4, -0.2) is 34.2 Å². The Morgan fingerprint density at radius 1 is 1.59 bits per heavy atom. The molecule has 0 bridgehead atoms. The van der Waals surface area contributed by atoms with E-state index in [1.165, 1.54) is 0 Å².